The summed E-state index contributed by atoms with van der Waals surface area (Å²) in [5, 5.41) is 13.3. The van der Waals surface area contributed by atoms with E-state index >= 15 is 0 Å². The van der Waals surface area contributed by atoms with Crippen LogP contribution in [0.3, 0.4) is 0 Å². The molecule has 0 spiro atoms. The van der Waals surface area contributed by atoms with Gasteiger partial charge in [-0.3, -0.25) is 9.59 Å². The lowest BCUT2D eigenvalue weighted by Gasteiger charge is -2.39. The van der Waals surface area contributed by atoms with Crippen LogP contribution in [0, 0.1) is 36.0 Å². The SMILES string of the molecule is Cc1c(NC(=O)c2cccc(C#N)c2)cnc2c1c([C@H]1[C@@H]3CC[C@H]1CN(C(=O)C(C)C)C3)cn2C. The molecule has 1 aromatic carbocycles. The van der Waals surface area contributed by atoms with Crippen LogP contribution >= 0.6 is 0 Å². The molecule has 0 unspecified atom stereocenters. The summed E-state index contributed by atoms with van der Waals surface area (Å²) in [5.41, 5.74) is 4.75. The highest BCUT2D eigenvalue weighted by Crippen LogP contribution is 2.50. The fourth-order valence-corrected chi connectivity index (χ4v) is 6.12. The van der Waals surface area contributed by atoms with Gasteiger partial charge in [0.2, 0.25) is 5.91 Å². The number of carbonyl (C=O) groups is 2. The van der Waals surface area contributed by atoms with Crippen LogP contribution in [0.5, 0.6) is 0 Å². The van der Waals surface area contributed by atoms with E-state index in [0.717, 1.165) is 42.5 Å². The monoisotopic (exact) mass is 469 g/mol. The molecule has 3 atom stereocenters. The maximum atomic E-state index is 12.9. The standard InChI is InChI=1S/C28H31N5O2/c1-16(2)28(35)33-13-20-8-9-21(14-33)25(20)22-15-32(4)26-24(22)17(3)23(12-30-26)31-27(34)19-7-5-6-18(10-19)11-29/h5-7,10,12,15-16,20-21,25H,8-9,13-14H2,1-4H3,(H,31,34)/t20-,21+,25+. The normalized spacial score (nSPS) is 21.4. The van der Waals surface area contributed by atoms with E-state index in [9.17, 15) is 9.59 Å². The predicted molar refractivity (Wildman–Crippen MR) is 135 cm³/mol. The second-order valence-electron chi connectivity index (χ2n) is 10.4. The second-order valence-corrected chi connectivity index (χ2v) is 10.4. The number of likely N-dealkylation sites (tertiary alicyclic amines) is 1. The smallest absolute Gasteiger partial charge is 0.255 e. The highest BCUT2D eigenvalue weighted by molar-refractivity contribution is 6.06. The van der Waals surface area contributed by atoms with E-state index in [1.807, 2.05) is 27.8 Å². The summed E-state index contributed by atoms with van der Waals surface area (Å²) >= 11 is 0. The molecule has 1 N–H and O–H groups in total. The van der Waals surface area contributed by atoms with E-state index in [4.69, 9.17) is 10.2 Å². The molecule has 0 radical (unpaired) electrons. The molecule has 7 nitrogen and oxygen atoms in total. The Hall–Kier alpha value is -3.66. The first-order valence-electron chi connectivity index (χ1n) is 12.3. The first-order valence-corrected chi connectivity index (χ1v) is 12.3. The molecule has 2 fully saturated rings. The predicted octanol–water partition coefficient (Wildman–Crippen LogP) is 4.61. The first-order chi connectivity index (χ1) is 16.8. The lowest BCUT2D eigenvalue weighted by atomic mass is 9.79. The zero-order chi connectivity index (χ0) is 24.9. The summed E-state index contributed by atoms with van der Waals surface area (Å²) in [6.07, 6.45) is 6.17. The maximum Gasteiger partial charge on any atom is 0.255 e. The summed E-state index contributed by atoms with van der Waals surface area (Å²) in [7, 11) is 2.02. The van der Waals surface area contributed by atoms with Gasteiger partial charge in [-0.25, -0.2) is 4.98 Å². The minimum atomic E-state index is -0.260. The lowest BCUT2D eigenvalue weighted by molar-refractivity contribution is -0.136. The molecule has 2 amide bonds. The van der Waals surface area contributed by atoms with E-state index in [1.165, 1.54) is 5.56 Å². The van der Waals surface area contributed by atoms with Gasteiger partial charge in [0.1, 0.15) is 5.65 Å². The van der Waals surface area contributed by atoms with Crippen LogP contribution in [-0.2, 0) is 11.8 Å². The Kier molecular flexibility index (Phi) is 5.84. The Balaban J connectivity index is 1.48. The van der Waals surface area contributed by atoms with Gasteiger partial charge in [-0.1, -0.05) is 19.9 Å². The first kappa shape index (κ1) is 23.1. The summed E-state index contributed by atoms with van der Waals surface area (Å²) in [4.78, 5) is 32.4. The number of hydrogen-bond acceptors (Lipinski definition) is 4. The highest BCUT2D eigenvalue weighted by atomic mass is 16.2. The van der Waals surface area contributed by atoms with Gasteiger partial charge < -0.3 is 14.8 Å². The van der Waals surface area contributed by atoms with Crippen molar-refractivity contribution >= 4 is 28.5 Å². The summed E-state index contributed by atoms with van der Waals surface area (Å²) in [5.74, 6) is 1.27. The molecule has 3 aromatic rings. The van der Waals surface area contributed by atoms with Gasteiger partial charge in [-0.05, 0) is 66.8 Å². The molecule has 1 saturated heterocycles. The summed E-state index contributed by atoms with van der Waals surface area (Å²) < 4.78 is 2.07. The largest absolute Gasteiger partial charge is 0.342 e. The number of aromatic nitrogens is 2. The van der Waals surface area contributed by atoms with E-state index in [-0.39, 0.29) is 17.7 Å². The molecule has 7 heteroatoms. The molecule has 5 rings (SSSR count). The minimum Gasteiger partial charge on any atom is -0.342 e. The van der Waals surface area contributed by atoms with Crippen molar-refractivity contribution < 1.29 is 9.59 Å². The molecule has 2 aliphatic rings. The van der Waals surface area contributed by atoms with Crippen LogP contribution in [0.2, 0.25) is 0 Å². The third-order valence-electron chi connectivity index (χ3n) is 7.77. The van der Waals surface area contributed by atoms with Crippen molar-refractivity contribution in [3.8, 4) is 6.07 Å². The molecular weight excluding hydrogens is 438 g/mol. The van der Waals surface area contributed by atoms with Gasteiger partial charge in [0.15, 0.2) is 0 Å². The minimum absolute atomic E-state index is 0.0231. The third-order valence-corrected chi connectivity index (χ3v) is 7.77. The van der Waals surface area contributed by atoms with Crippen LogP contribution in [0.1, 0.15) is 59.7 Å². The Morgan fingerprint density at radius 1 is 1.20 bits per heavy atom. The molecule has 2 bridgehead atoms. The molecular formula is C28H31N5O2. The van der Waals surface area contributed by atoms with E-state index in [0.29, 0.717) is 34.6 Å². The van der Waals surface area contributed by atoms with Crippen LogP contribution in [0.15, 0.2) is 36.7 Å². The molecule has 1 aliphatic carbocycles. The number of nitrogens with zero attached hydrogens (tertiary/aromatic N) is 4. The number of fused-ring (bicyclic) bond motifs is 3. The average molecular weight is 470 g/mol. The number of aryl methyl sites for hydroxylation is 2. The van der Waals surface area contributed by atoms with Crippen molar-refractivity contribution in [3.63, 3.8) is 0 Å². The Morgan fingerprint density at radius 3 is 2.57 bits per heavy atom. The number of rotatable bonds is 4. The quantitative estimate of drug-likeness (QED) is 0.604. The molecule has 180 valence electrons. The lowest BCUT2D eigenvalue weighted by Crippen LogP contribution is -2.45. The highest BCUT2D eigenvalue weighted by Gasteiger charge is 2.45. The van der Waals surface area contributed by atoms with Crippen molar-refractivity contribution in [3.05, 3.63) is 58.9 Å². The number of carbonyl (C=O) groups excluding carboxylic acids is 2. The average Bonchev–Trinajstić information content (AvgIpc) is 3.32. The molecule has 35 heavy (non-hydrogen) atoms. The summed E-state index contributed by atoms with van der Waals surface area (Å²) in [6, 6.07) is 8.77. The summed E-state index contributed by atoms with van der Waals surface area (Å²) in [6.45, 7) is 7.61. The fraction of sp³-hybridized carbons (Fsp3) is 0.429. The Labute approximate surface area is 205 Å². The second kappa shape index (κ2) is 8.84. The molecule has 1 saturated carbocycles. The number of piperidine rings is 1. The fourth-order valence-electron chi connectivity index (χ4n) is 6.12. The zero-order valence-corrected chi connectivity index (χ0v) is 20.7. The number of nitrogens with one attached hydrogen (secondary N) is 1. The zero-order valence-electron chi connectivity index (χ0n) is 20.7. The Bertz CT molecular complexity index is 1350. The van der Waals surface area contributed by atoms with Gasteiger partial charge >= 0.3 is 0 Å². The number of anilines is 1. The van der Waals surface area contributed by atoms with Crippen molar-refractivity contribution in [2.75, 3.05) is 18.4 Å². The van der Waals surface area contributed by atoms with E-state index < -0.39 is 0 Å². The van der Waals surface area contributed by atoms with E-state index in [2.05, 4.69) is 27.0 Å². The third kappa shape index (κ3) is 3.97. The van der Waals surface area contributed by atoms with Gasteiger partial charge in [0.25, 0.3) is 5.91 Å². The van der Waals surface area contributed by atoms with Crippen LogP contribution in [0.4, 0.5) is 5.69 Å². The van der Waals surface area contributed by atoms with Crippen LogP contribution in [0.25, 0.3) is 11.0 Å². The van der Waals surface area contributed by atoms with Crippen molar-refractivity contribution in [2.45, 2.75) is 39.5 Å². The molecule has 1 aliphatic heterocycles. The molecule has 2 aromatic heterocycles. The van der Waals surface area contributed by atoms with E-state index in [1.54, 1.807) is 30.5 Å². The number of nitriles is 1. The topological polar surface area (TPSA) is 91.0 Å². The van der Waals surface area contributed by atoms with Crippen LogP contribution in [-0.4, -0.2) is 39.4 Å². The number of amides is 2. The number of benzene rings is 1. The van der Waals surface area contributed by atoms with Crippen molar-refractivity contribution in [2.24, 2.45) is 24.8 Å². The van der Waals surface area contributed by atoms with Crippen LogP contribution < -0.4 is 5.32 Å². The van der Waals surface area contributed by atoms with Gasteiger partial charge in [-0.2, -0.15) is 5.26 Å². The van der Waals surface area contributed by atoms with Crippen molar-refractivity contribution in [1.29, 1.82) is 5.26 Å². The molecule has 3 heterocycles. The number of pyridine rings is 1. The number of hydrogen-bond donors (Lipinski definition) is 1. The maximum absolute atomic E-state index is 12.9. The Morgan fingerprint density at radius 2 is 1.91 bits per heavy atom. The van der Waals surface area contributed by atoms with Gasteiger partial charge in [0.05, 0.1) is 23.5 Å². The van der Waals surface area contributed by atoms with Gasteiger partial charge in [-0.15, -0.1) is 0 Å². The van der Waals surface area contributed by atoms with Crippen molar-refractivity contribution in [1.82, 2.24) is 14.5 Å². The van der Waals surface area contributed by atoms with Gasteiger partial charge in [0, 0.05) is 43.2 Å².